The van der Waals surface area contributed by atoms with E-state index in [0.29, 0.717) is 0 Å². The summed E-state index contributed by atoms with van der Waals surface area (Å²) in [6.45, 7) is 0. The molecule has 0 fully saturated rings. The number of hydrogen-bond acceptors (Lipinski definition) is 0. The summed E-state index contributed by atoms with van der Waals surface area (Å²) in [5.74, 6) is 0. The minimum Gasteiger partial charge on any atom is -0.0845 e. The predicted octanol–water partition coefficient (Wildman–Crippen LogP) is 4.96. The quantitative estimate of drug-likeness (QED) is 0.521. The van der Waals surface area contributed by atoms with Crippen LogP contribution in [-0.2, 0) is 0 Å². The topological polar surface area (TPSA) is 0 Å². The summed E-state index contributed by atoms with van der Waals surface area (Å²) < 4.78 is 0. The molecular formula is C15H22. The van der Waals surface area contributed by atoms with Crippen LogP contribution in [0.1, 0.15) is 44.9 Å². The Labute approximate surface area is 94.1 Å². The second-order valence-corrected chi connectivity index (χ2v) is 3.97. The molecule has 15 heavy (non-hydrogen) atoms. The molecule has 0 aromatic rings. The molecule has 0 aliphatic heterocycles. The molecule has 1 rings (SSSR count). The molecule has 82 valence electrons. The Morgan fingerprint density at radius 3 is 1.33 bits per heavy atom. The zero-order valence-electron chi connectivity index (χ0n) is 9.57. The van der Waals surface area contributed by atoms with Crippen molar-refractivity contribution in [2.75, 3.05) is 0 Å². The second kappa shape index (κ2) is 9.51. The minimum atomic E-state index is 1.23. The lowest BCUT2D eigenvalue weighted by Crippen LogP contribution is -1.77. The van der Waals surface area contributed by atoms with Gasteiger partial charge in [0.05, 0.1) is 0 Å². The van der Waals surface area contributed by atoms with Crippen molar-refractivity contribution in [1.82, 2.24) is 0 Å². The second-order valence-electron chi connectivity index (χ2n) is 3.97. The zero-order valence-corrected chi connectivity index (χ0v) is 9.57. The van der Waals surface area contributed by atoms with E-state index in [1.54, 1.807) is 0 Å². The lowest BCUT2D eigenvalue weighted by molar-refractivity contribution is 0.622. The highest BCUT2D eigenvalue weighted by atomic mass is 13.9. The smallest absolute Gasteiger partial charge is 0.0348 e. The summed E-state index contributed by atoms with van der Waals surface area (Å²) in [6, 6.07) is 0. The van der Waals surface area contributed by atoms with Gasteiger partial charge in [-0.25, -0.2) is 0 Å². The molecule has 0 heterocycles. The van der Waals surface area contributed by atoms with Crippen molar-refractivity contribution in [2.45, 2.75) is 44.9 Å². The fourth-order valence-electron chi connectivity index (χ4n) is 1.66. The summed E-state index contributed by atoms with van der Waals surface area (Å²) in [6.07, 6.45) is 26.5. The van der Waals surface area contributed by atoms with E-state index in [-0.39, 0.29) is 0 Å². The van der Waals surface area contributed by atoms with Gasteiger partial charge >= 0.3 is 0 Å². The van der Waals surface area contributed by atoms with E-state index in [0.717, 1.165) is 0 Å². The highest BCUT2D eigenvalue weighted by molar-refractivity contribution is 5.15. The molecule has 1 aliphatic rings. The van der Waals surface area contributed by atoms with E-state index in [1.165, 1.54) is 44.9 Å². The standard InChI is InChI=1S/C15H22/c1-2-4-6-8-10-12-14-15-13-11-9-7-5-3-1/h1-8H,9-15H2/b3-1-,4-2+,7-5?,8-6+. The Hall–Kier alpha value is -1.04. The van der Waals surface area contributed by atoms with Gasteiger partial charge in [-0.2, -0.15) is 0 Å². The third kappa shape index (κ3) is 7.99. The normalized spacial score (nSPS) is 26.1. The minimum absolute atomic E-state index is 1.23. The van der Waals surface area contributed by atoms with Crippen LogP contribution in [0.2, 0.25) is 0 Å². The molecule has 0 N–H and O–H groups in total. The maximum Gasteiger partial charge on any atom is -0.0348 e. The van der Waals surface area contributed by atoms with Gasteiger partial charge in [0.25, 0.3) is 0 Å². The van der Waals surface area contributed by atoms with Crippen molar-refractivity contribution in [3.05, 3.63) is 48.6 Å². The highest BCUT2D eigenvalue weighted by Crippen LogP contribution is 2.08. The van der Waals surface area contributed by atoms with E-state index in [9.17, 15) is 0 Å². The van der Waals surface area contributed by atoms with Gasteiger partial charge in [0, 0.05) is 0 Å². The largest absolute Gasteiger partial charge is 0.0845 e. The molecule has 0 aromatic heterocycles. The zero-order chi connectivity index (χ0) is 10.6. The molecule has 0 atom stereocenters. The van der Waals surface area contributed by atoms with Gasteiger partial charge in [-0.05, 0) is 25.7 Å². The van der Waals surface area contributed by atoms with Crippen LogP contribution in [0.25, 0.3) is 0 Å². The number of allylic oxidation sites excluding steroid dienone is 8. The molecule has 0 amide bonds. The first-order chi connectivity index (χ1) is 7.50. The Bertz CT molecular complexity index is 215. The number of rotatable bonds is 0. The van der Waals surface area contributed by atoms with Crippen molar-refractivity contribution in [3.8, 4) is 0 Å². The molecule has 0 saturated heterocycles. The highest BCUT2D eigenvalue weighted by Gasteiger charge is 1.88. The van der Waals surface area contributed by atoms with E-state index >= 15 is 0 Å². The van der Waals surface area contributed by atoms with Crippen molar-refractivity contribution in [3.63, 3.8) is 0 Å². The lowest BCUT2D eigenvalue weighted by atomic mass is 10.1. The fraction of sp³-hybridized carbons (Fsp3) is 0.467. The van der Waals surface area contributed by atoms with E-state index in [4.69, 9.17) is 0 Å². The molecule has 0 bridgehead atoms. The van der Waals surface area contributed by atoms with Crippen molar-refractivity contribution in [2.24, 2.45) is 0 Å². The molecule has 0 aromatic carbocycles. The third-order valence-electron chi connectivity index (χ3n) is 2.57. The predicted molar refractivity (Wildman–Crippen MR) is 68.9 cm³/mol. The Kier molecular flexibility index (Phi) is 7.63. The first kappa shape index (κ1) is 12.0. The Balaban J connectivity index is 2.34. The van der Waals surface area contributed by atoms with Gasteiger partial charge in [0.2, 0.25) is 0 Å². The molecule has 0 radical (unpaired) electrons. The first-order valence-corrected chi connectivity index (χ1v) is 6.15. The molecule has 0 nitrogen and oxygen atoms in total. The van der Waals surface area contributed by atoms with Crippen molar-refractivity contribution < 1.29 is 0 Å². The van der Waals surface area contributed by atoms with Crippen LogP contribution < -0.4 is 0 Å². The van der Waals surface area contributed by atoms with Crippen molar-refractivity contribution in [1.29, 1.82) is 0 Å². The van der Waals surface area contributed by atoms with E-state index in [2.05, 4.69) is 48.6 Å². The van der Waals surface area contributed by atoms with Gasteiger partial charge in [0.1, 0.15) is 0 Å². The maximum atomic E-state index is 2.26. The van der Waals surface area contributed by atoms with Crippen LogP contribution in [0.5, 0.6) is 0 Å². The molecule has 0 heteroatoms. The van der Waals surface area contributed by atoms with Crippen molar-refractivity contribution >= 4 is 0 Å². The van der Waals surface area contributed by atoms with Gasteiger partial charge in [-0.3, -0.25) is 0 Å². The van der Waals surface area contributed by atoms with E-state index in [1.807, 2.05) is 0 Å². The average molecular weight is 202 g/mol. The maximum absolute atomic E-state index is 2.26. The van der Waals surface area contributed by atoms with Crippen LogP contribution >= 0.6 is 0 Å². The van der Waals surface area contributed by atoms with Crippen LogP contribution in [0.3, 0.4) is 0 Å². The first-order valence-electron chi connectivity index (χ1n) is 6.15. The number of hydrogen-bond donors (Lipinski definition) is 0. The molecular weight excluding hydrogens is 180 g/mol. The monoisotopic (exact) mass is 202 g/mol. The Morgan fingerprint density at radius 1 is 0.400 bits per heavy atom. The molecule has 0 saturated carbocycles. The average Bonchev–Trinajstić information content (AvgIpc) is 2.27. The van der Waals surface area contributed by atoms with Crippen LogP contribution in [0, 0.1) is 0 Å². The van der Waals surface area contributed by atoms with Gasteiger partial charge in [-0.1, -0.05) is 67.9 Å². The van der Waals surface area contributed by atoms with Gasteiger partial charge in [-0.15, -0.1) is 0 Å². The molecule has 1 aliphatic carbocycles. The van der Waals surface area contributed by atoms with Crippen LogP contribution in [0.4, 0.5) is 0 Å². The van der Waals surface area contributed by atoms with Gasteiger partial charge < -0.3 is 0 Å². The SMILES string of the molecule is C1=CCCCCCCC/C=C/C=C/C=C\1. The Morgan fingerprint density at radius 2 is 0.800 bits per heavy atom. The lowest BCUT2D eigenvalue weighted by Gasteiger charge is -1.97. The van der Waals surface area contributed by atoms with Crippen LogP contribution in [-0.4, -0.2) is 0 Å². The molecule has 0 unspecified atom stereocenters. The summed E-state index contributed by atoms with van der Waals surface area (Å²) in [4.78, 5) is 0. The summed E-state index contributed by atoms with van der Waals surface area (Å²) in [5.41, 5.74) is 0. The summed E-state index contributed by atoms with van der Waals surface area (Å²) >= 11 is 0. The summed E-state index contributed by atoms with van der Waals surface area (Å²) in [7, 11) is 0. The third-order valence-corrected chi connectivity index (χ3v) is 2.57. The summed E-state index contributed by atoms with van der Waals surface area (Å²) in [5, 5.41) is 0. The van der Waals surface area contributed by atoms with Gasteiger partial charge in [0.15, 0.2) is 0 Å². The fourth-order valence-corrected chi connectivity index (χ4v) is 1.66. The van der Waals surface area contributed by atoms with Crippen LogP contribution in [0.15, 0.2) is 48.6 Å². The molecule has 0 spiro atoms. The van der Waals surface area contributed by atoms with E-state index < -0.39 is 0 Å².